The lowest BCUT2D eigenvalue weighted by atomic mass is 10.0. The van der Waals surface area contributed by atoms with Crippen molar-refractivity contribution < 1.29 is 19.4 Å². The monoisotopic (exact) mass is 320 g/mol. The van der Waals surface area contributed by atoms with Gasteiger partial charge >= 0.3 is 5.97 Å². The predicted octanol–water partition coefficient (Wildman–Crippen LogP) is 1.64. The van der Waals surface area contributed by atoms with Crippen LogP contribution in [0.4, 0.5) is 0 Å². The average Bonchev–Trinajstić information content (AvgIpc) is 2.56. The first-order chi connectivity index (χ1) is 11.0. The van der Waals surface area contributed by atoms with Gasteiger partial charge in [-0.3, -0.25) is 9.69 Å². The second-order valence-electron chi connectivity index (χ2n) is 5.84. The van der Waals surface area contributed by atoms with Gasteiger partial charge in [0.2, 0.25) is 5.91 Å². The zero-order chi connectivity index (χ0) is 16.8. The quantitative estimate of drug-likeness (QED) is 0.833. The number of rotatable bonds is 6. The molecule has 1 aromatic carbocycles. The molecule has 0 saturated carbocycles. The van der Waals surface area contributed by atoms with Crippen LogP contribution in [0.25, 0.3) is 0 Å². The van der Waals surface area contributed by atoms with Crippen LogP contribution in [0.1, 0.15) is 31.7 Å². The Morgan fingerprint density at radius 2 is 2.04 bits per heavy atom. The molecule has 2 rings (SSSR count). The number of ether oxygens (including phenoxy) is 1. The smallest absolute Gasteiger partial charge is 0.344 e. The second-order valence-corrected chi connectivity index (χ2v) is 5.84. The van der Waals surface area contributed by atoms with Gasteiger partial charge in [0.05, 0.1) is 6.04 Å². The zero-order valence-corrected chi connectivity index (χ0v) is 13.6. The van der Waals surface area contributed by atoms with Gasteiger partial charge in [0.15, 0.2) is 6.10 Å². The number of likely N-dealkylation sites (N-methyl/N-ethyl adjacent to an activating group) is 1. The maximum atomic E-state index is 12.0. The number of amides is 1. The van der Waals surface area contributed by atoms with Crippen LogP contribution in [0.2, 0.25) is 0 Å². The van der Waals surface area contributed by atoms with Gasteiger partial charge in [-0.2, -0.15) is 0 Å². The third kappa shape index (κ3) is 4.69. The van der Waals surface area contributed by atoms with Crippen molar-refractivity contribution in [3.05, 3.63) is 29.8 Å². The molecule has 0 aromatic heterocycles. The van der Waals surface area contributed by atoms with Gasteiger partial charge < -0.3 is 15.2 Å². The summed E-state index contributed by atoms with van der Waals surface area (Å²) in [5.41, 5.74) is 1.08. The van der Waals surface area contributed by atoms with Crippen molar-refractivity contribution >= 4 is 11.9 Å². The van der Waals surface area contributed by atoms with E-state index in [9.17, 15) is 9.59 Å². The van der Waals surface area contributed by atoms with Crippen LogP contribution in [0, 0.1) is 0 Å². The summed E-state index contributed by atoms with van der Waals surface area (Å²) in [4.78, 5) is 25.0. The number of piperidine rings is 1. The summed E-state index contributed by atoms with van der Waals surface area (Å²) in [5, 5.41) is 11.6. The van der Waals surface area contributed by atoms with E-state index in [1.54, 1.807) is 19.2 Å². The molecular weight excluding hydrogens is 296 g/mol. The molecule has 1 saturated heterocycles. The Bertz CT molecular complexity index is 544. The largest absolute Gasteiger partial charge is 0.479 e. The summed E-state index contributed by atoms with van der Waals surface area (Å²) < 4.78 is 5.32. The molecule has 0 aliphatic carbocycles. The van der Waals surface area contributed by atoms with Crippen LogP contribution in [0.15, 0.2) is 24.3 Å². The zero-order valence-electron chi connectivity index (χ0n) is 13.6. The fourth-order valence-corrected chi connectivity index (χ4v) is 2.81. The minimum atomic E-state index is -0.990. The number of aliphatic carboxylic acids is 1. The Labute approximate surface area is 136 Å². The van der Waals surface area contributed by atoms with E-state index in [0.717, 1.165) is 31.4 Å². The van der Waals surface area contributed by atoms with E-state index < -0.39 is 12.1 Å². The molecule has 2 unspecified atom stereocenters. The highest BCUT2D eigenvalue weighted by Gasteiger charge is 2.27. The Morgan fingerprint density at radius 3 is 2.65 bits per heavy atom. The summed E-state index contributed by atoms with van der Waals surface area (Å²) in [6.07, 6.45) is 2.19. The molecule has 0 spiro atoms. The predicted molar refractivity (Wildman–Crippen MR) is 86.3 cm³/mol. The maximum Gasteiger partial charge on any atom is 0.344 e. The van der Waals surface area contributed by atoms with E-state index in [1.165, 1.54) is 6.92 Å². The van der Waals surface area contributed by atoms with Gasteiger partial charge in [0.25, 0.3) is 0 Å². The van der Waals surface area contributed by atoms with E-state index in [4.69, 9.17) is 9.84 Å². The molecule has 2 atom stereocenters. The fourth-order valence-electron chi connectivity index (χ4n) is 2.81. The first kappa shape index (κ1) is 17.3. The van der Waals surface area contributed by atoms with Crippen molar-refractivity contribution in [2.24, 2.45) is 0 Å². The molecule has 1 heterocycles. The molecule has 126 valence electrons. The van der Waals surface area contributed by atoms with Gasteiger partial charge in [-0.05, 0) is 44.0 Å². The molecule has 23 heavy (non-hydrogen) atoms. The highest BCUT2D eigenvalue weighted by molar-refractivity contribution is 5.81. The molecule has 1 aliphatic rings. The topological polar surface area (TPSA) is 78.9 Å². The normalized spacial score (nSPS) is 19.8. The molecule has 0 bridgehead atoms. The van der Waals surface area contributed by atoms with E-state index >= 15 is 0 Å². The number of carbonyl (C=O) groups excluding carboxylic acids is 1. The first-order valence-corrected chi connectivity index (χ1v) is 7.95. The Balaban J connectivity index is 1.99. The standard InChI is InChI=1S/C17H24N2O4/c1-12(17(21)22)23-14-8-6-13(7-9-14)11-19-10-4-3-5-15(19)16(20)18-2/h6-9,12,15H,3-5,10-11H2,1-2H3,(H,18,20)(H,21,22). The van der Waals surface area contributed by atoms with Gasteiger partial charge in [0.1, 0.15) is 5.75 Å². The van der Waals surface area contributed by atoms with Crippen molar-refractivity contribution in [3.63, 3.8) is 0 Å². The Morgan fingerprint density at radius 1 is 1.35 bits per heavy atom. The number of hydrogen-bond acceptors (Lipinski definition) is 4. The molecule has 6 nitrogen and oxygen atoms in total. The van der Waals surface area contributed by atoms with Crippen LogP contribution in [0.3, 0.4) is 0 Å². The van der Waals surface area contributed by atoms with Gasteiger partial charge in [0, 0.05) is 13.6 Å². The number of benzene rings is 1. The van der Waals surface area contributed by atoms with Gasteiger partial charge in [-0.15, -0.1) is 0 Å². The third-order valence-electron chi connectivity index (χ3n) is 4.13. The van der Waals surface area contributed by atoms with Crippen molar-refractivity contribution in [1.29, 1.82) is 0 Å². The number of nitrogens with zero attached hydrogens (tertiary/aromatic N) is 1. The summed E-state index contributed by atoms with van der Waals surface area (Å²) in [6.45, 7) is 3.11. The van der Waals surface area contributed by atoms with Crippen molar-refractivity contribution in [2.45, 2.75) is 44.9 Å². The molecule has 6 heteroatoms. The lowest BCUT2D eigenvalue weighted by Crippen LogP contribution is -2.48. The number of carboxylic acid groups (broad SMARTS) is 1. The summed E-state index contributed by atoms with van der Waals surface area (Å²) in [7, 11) is 1.67. The molecule has 1 fully saturated rings. The van der Waals surface area contributed by atoms with Crippen molar-refractivity contribution in [1.82, 2.24) is 10.2 Å². The van der Waals surface area contributed by atoms with E-state index in [1.807, 2.05) is 12.1 Å². The molecule has 2 N–H and O–H groups in total. The molecule has 1 amide bonds. The number of likely N-dealkylation sites (tertiary alicyclic amines) is 1. The SMILES string of the molecule is CNC(=O)C1CCCCN1Cc1ccc(OC(C)C(=O)O)cc1. The van der Waals surface area contributed by atoms with Crippen LogP contribution in [0.5, 0.6) is 5.75 Å². The summed E-state index contributed by atoms with van der Waals surface area (Å²) in [5.74, 6) is -0.388. The first-order valence-electron chi connectivity index (χ1n) is 7.95. The van der Waals surface area contributed by atoms with E-state index in [-0.39, 0.29) is 11.9 Å². The third-order valence-corrected chi connectivity index (χ3v) is 4.13. The number of carbonyl (C=O) groups is 2. The van der Waals surface area contributed by atoms with Gasteiger partial charge in [-0.1, -0.05) is 18.6 Å². The van der Waals surface area contributed by atoms with E-state index in [0.29, 0.717) is 12.3 Å². The maximum absolute atomic E-state index is 12.0. The lowest BCUT2D eigenvalue weighted by molar-refractivity contribution is -0.144. The minimum Gasteiger partial charge on any atom is -0.479 e. The Kier molecular flexibility index (Phi) is 5.98. The minimum absolute atomic E-state index is 0.0694. The molecule has 0 radical (unpaired) electrons. The van der Waals surface area contributed by atoms with Crippen LogP contribution in [-0.2, 0) is 16.1 Å². The number of nitrogens with one attached hydrogen (secondary N) is 1. The van der Waals surface area contributed by atoms with E-state index in [2.05, 4.69) is 10.2 Å². The Hall–Kier alpha value is -2.08. The summed E-state index contributed by atoms with van der Waals surface area (Å²) >= 11 is 0. The molecular formula is C17H24N2O4. The van der Waals surface area contributed by atoms with Crippen LogP contribution < -0.4 is 10.1 Å². The lowest BCUT2D eigenvalue weighted by Gasteiger charge is -2.34. The van der Waals surface area contributed by atoms with Crippen LogP contribution in [-0.4, -0.2) is 47.6 Å². The van der Waals surface area contributed by atoms with Crippen molar-refractivity contribution in [2.75, 3.05) is 13.6 Å². The van der Waals surface area contributed by atoms with Gasteiger partial charge in [-0.25, -0.2) is 4.79 Å². The summed E-state index contributed by atoms with van der Waals surface area (Å²) in [6, 6.07) is 7.30. The highest BCUT2D eigenvalue weighted by atomic mass is 16.5. The average molecular weight is 320 g/mol. The highest BCUT2D eigenvalue weighted by Crippen LogP contribution is 2.21. The second kappa shape index (κ2) is 7.97. The molecule has 1 aromatic rings. The fraction of sp³-hybridized carbons (Fsp3) is 0.529. The van der Waals surface area contributed by atoms with Crippen molar-refractivity contribution in [3.8, 4) is 5.75 Å². The molecule has 1 aliphatic heterocycles. The number of hydrogen-bond donors (Lipinski definition) is 2. The number of carboxylic acids is 1. The van der Waals surface area contributed by atoms with Crippen LogP contribution >= 0.6 is 0 Å².